The van der Waals surface area contributed by atoms with E-state index in [0.29, 0.717) is 42.4 Å². The molecule has 0 N–H and O–H groups in total. The Morgan fingerprint density at radius 1 is 1.32 bits per heavy atom. The van der Waals surface area contributed by atoms with E-state index in [2.05, 4.69) is 23.7 Å². The number of likely N-dealkylation sites (tertiary alicyclic amines) is 1. The van der Waals surface area contributed by atoms with Crippen LogP contribution in [0.5, 0.6) is 0 Å². The lowest BCUT2D eigenvalue weighted by atomic mass is 9.73. The third-order valence-corrected chi connectivity index (χ3v) is 8.12. The first-order valence-electron chi connectivity index (χ1n) is 11.4. The molecule has 2 saturated heterocycles. The van der Waals surface area contributed by atoms with Crippen molar-refractivity contribution in [3.05, 3.63) is 29.1 Å². The summed E-state index contributed by atoms with van der Waals surface area (Å²) < 4.78 is 45.2. The molecule has 8 heteroatoms. The molecule has 1 aromatic heterocycles. The van der Waals surface area contributed by atoms with Gasteiger partial charge in [-0.05, 0) is 43.2 Å². The summed E-state index contributed by atoms with van der Waals surface area (Å²) in [6.45, 7) is 6.71. The van der Waals surface area contributed by atoms with E-state index in [1.165, 1.54) is 6.07 Å². The molecule has 5 nitrogen and oxygen atoms in total. The van der Waals surface area contributed by atoms with Crippen LogP contribution in [0.2, 0.25) is 0 Å². The van der Waals surface area contributed by atoms with Crippen LogP contribution >= 0.6 is 0 Å². The molecule has 5 rings (SSSR count). The SMILES string of the molecule is CC(C)[C@]1(C(=O)N2CCc3ncc(C(F)(F)F)cc3C2)CC[C@@H](N2C[C@H]3C[C@@H]2CO3)C1. The van der Waals surface area contributed by atoms with Gasteiger partial charge in [0.15, 0.2) is 0 Å². The lowest BCUT2D eigenvalue weighted by Gasteiger charge is -2.40. The lowest BCUT2D eigenvalue weighted by Crippen LogP contribution is -2.49. The molecule has 3 aliphatic heterocycles. The maximum atomic E-state index is 13.8. The number of hydrogen-bond acceptors (Lipinski definition) is 4. The first kappa shape index (κ1) is 21.2. The average Bonchev–Trinajstić information content (AvgIpc) is 3.47. The van der Waals surface area contributed by atoms with Gasteiger partial charge < -0.3 is 9.64 Å². The maximum absolute atomic E-state index is 13.8. The summed E-state index contributed by atoms with van der Waals surface area (Å²) in [7, 11) is 0. The molecule has 0 aromatic carbocycles. The van der Waals surface area contributed by atoms with E-state index in [9.17, 15) is 18.0 Å². The molecular weight excluding hydrogens is 407 g/mol. The predicted molar refractivity (Wildman–Crippen MR) is 108 cm³/mol. The van der Waals surface area contributed by atoms with Crippen molar-refractivity contribution in [2.45, 2.75) is 76.9 Å². The van der Waals surface area contributed by atoms with E-state index in [0.717, 1.165) is 45.0 Å². The van der Waals surface area contributed by atoms with Gasteiger partial charge in [0, 0.05) is 50.0 Å². The highest BCUT2D eigenvalue weighted by Gasteiger charge is 2.53. The number of carbonyl (C=O) groups is 1. The normalized spacial score (nSPS) is 33.4. The molecule has 1 saturated carbocycles. The molecule has 3 fully saturated rings. The Labute approximate surface area is 180 Å². The Morgan fingerprint density at radius 3 is 2.77 bits per heavy atom. The fourth-order valence-corrected chi connectivity index (χ4v) is 6.24. The van der Waals surface area contributed by atoms with Gasteiger partial charge in [0.2, 0.25) is 5.91 Å². The van der Waals surface area contributed by atoms with Crippen LogP contribution in [0.25, 0.3) is 0 Å². The van der Waals surface area contributed by atoms with Gasteiger partial charge in [0.25, 0.3) is 0 Å². The number of nitrogens with zero attached hydrogens (tertiary/aromatic N) is 3. The number of halogens is 3. The third kappa shape index (κ3) is 3.55. The van der Waals surface area contributed by atoms with Crippen LogP contribution in [-0.4, -0.2) is 58.6 Å². The molecule has 0 spiro atoms. The average molecular weight is 438 g/mol. The number of fused-ring (bicyclic) bond motifs is 3. The summed E-state index contributed by atoms with van der Waals surface area (Å²) >= 11 is 0. The van der Waals surface area contributed by atoms with Gasteiger partial charge >= 0.3 is 6.18 Å². The highest BCUT2D eigenvalue weighted by atomic mass is 19.4. The second kappa shape index (κ2) is 7.44. The monoisotopic (exact) mass is 437 g/mol. The topological polar surface area (TPSA) is 45.7 Å². The van der Waals surface area contributed by atoms with Gasteiger partial charge in [-0.2, -0.15) is 13.2 Å². The molecule has 4 aliphatic rings. The second-order valence-corrected chi connectivity index (χ2v) is 10.1. The van der Waals surface area contributed by atoms with Crippen molar-refractivity contribution in [2.24, 2.45) is 11.3 Å². The Balaban J connectivity index is 1.35. The number of rotatable bonds is 3. The van der Waals surface area contributed by atoms with Crippen LogP contribution in [0.1, 0.15) is 56.4 Å². The number of amides is 1. The fraction of sp³-hybridized carbons (Fsp3) is 0.739. The summed E-state index contributed by atoms with van der Waals surface area (Å²) in [5.74, 6) is 0.288. The van der Waals surface area contributed by atoms with E-state index in [1.807, 2.05) is 0 Å². The zero-order valence-corrected chi connectivity index (χ0v) is 18.1. The molecule has 4 atom stereocenters. The van der Waals surface area contributed by atoms with Gasteiger partial charge in [0.1, 0.15) is 0 Å². The summed E-state index contributed by atoms with van der Waals surface area (Å²) in [4.78, 5) is 22.2. The number of carbonyl (C=O) groups excluding carboxylic acids is 1. The molecule has 4 heterocycles. The summed E-state index contributed by atoms with van der Waals surface area (Å²) in [5, 5.41) is 0. The number of ether oxygens (including phenoxy) is 1. The Morgan fingerprint density at radius 2 is 2.13 bits per heavy atom. The number of morpholine rings is 1. The molecule has 0 unspecified atom stereocenters. The van der Waals surface area contributed by atoms with Crippen LogP contribution in [0, 0.1) is 11.3 Å². The molecule has 1 amide bonds. The highest BCUT2D eigenvalue weighted by Crippen LogP contribution is 2.49. The quantitative estimate of drug-likeness (QED) is 0.724. The van der Waals surface area contributed by atoms with Crippen molar-refractivity contribution in [2.75, 3.05) is 19.7 Å². The van der Waals surface area contributed by atoms with Gasteiger partial charge in [-0.3, -0.25) is 14.7 Å². The summed E-state index contributed by atoms with van der Waals surface area (Å²) in [6.07, 6.45) is 1.08. The first-order chi connectivity index (χ1) is 14.7. The minimum Gasteiger partial charge on any atom is -0.375 e. The maximum Gasteiger partial charge on any atom is 0.417 e. The van der Waals surface area contributed by atoms with E-state index in [-0.39, 0.29) is 18.4 Å². The van der Waals surface area contributed by atoms with Gasteiger partial charge in [-0.1, -0.05) is 13.8 Å². The largest absolute Gasteiger partial charge is 0.417 e. The number of alkyl halides is 3. The summed E-state index contributed by atoms with van der Waals surface area (Å²) in [6, 6.07) is 2.03. The van der Waals surface area contributed by atoms with Crippen LogP contribution in [0.3, 0.4) is 0 Å². The van der Waals surface area contributed by atoms with Gasteiger partial charge in [-0.25, -0.2) is 0 Å². The minimum atomic E-state index is -4.43. The van der Waals surface area contributed by atoms with Crippen LogP contribution in [0.4, 0.5) is 13.2 Å². The van der Waals surface area contributed by atoms with Crippen molar-refractivity contribution in [1.29, 1.82) is 0 Å². The Kier molecular flexibility index (Phi) is 5.09. The minimum absolute atomic E-state index is 0.105. The molecule has 2 bridgehead atoms. The zero-order chi connectivity index (χ0) is 22.0. The standard InChI is InChI=1S/C23H30F3N3O2/c1-14(2)22(5-3-17(9-22)29-12-19-8-18(29)13-31-19)21(30)28-6-4-20-15(11-28)7-16(10-27-20)23(24,25)26/h7,10,14,17-19H,3-6,8-9,11-13H2,1-2H3/t17-,18-,19-,22+/m1/s1. The van der Waals surface area contributed by atoms with Crippen molar-refractivity contribution in [1.82, 2.24) is 14.8 Å². The van der Waals surface area contributed by atoms with Crippen molar-refractivity contribution >= 4 is 5.91 Å². The van der Waals surface area contributed by atoms with Crippen LogP contribution in [-0.2, 0) is 28.7 Å². The van der Waals surface area contributed by atoms with E-state index in [4.69, 9.17) is 4.74 Å². The van der Waals surface area contributed by atoms with Crippen molar-refractivity contribution < 1.29 is 22.7 Å². The molecule has 31 heavy (non-hydrogen) atoms. The van der Waals surface area contributed by atoms with Crippen molar-refractivity contribution in [3.8, 4) is 0 Å². The van der Waals surface area contributed by atoms with Gasteiger partial charge in [0.05, 0.1) is 23.7 Å². The number of pyridine rings is 1. The fourth-order valence-electron chi connectivity index (χ4n) is 6.24. The third-order valence-electron chi connectivity index (χ3n) is 8.12. The smallest absolute Gasteiger partial charge is 0.375 e. The predicted octanol–water partition coefficient (Wildman–Crippen LogP) is 3.65. The zero-order valence-electron chi connectivity index (χ0n) is 18.1. The first-order valence-corrected chi connectivity index (χ1v) is 11.4. The van der Waals surface area contributed by atoms with Crippen LogP contribution in [0.15, 0.2) is 12.3 Å². The molecule has 1 aliphatic carbocycles. The van der Waals surface area contributed by atoms with E-state index in [1.54, 1.807) is 4.90 Å². The summed E-state index contributed by atoms with van der Waals surface area (Å²) in [5.41, 5.74) is 0.0104. The van der Waals surface area contributed by atoms with E-state index >= 15 is 0 Å². The molecule has 170 valence electrons. The molecular formula is C23H30F3N3O2. The number of aromatic nitrogens is 1. The highest BCUT2D eigenvalue weighted by molar-refractivity contribution is 5.83. The van der Waals surface area contributed by atoms with E-state index < -0.39 is 17.2 Å². The van der Waals surface area contributed by atoms with Crippen LogP contribution < -0.4 is 0 Å². The Hall–Kier alpha value is -1.67. The second-order valence-electron chi connectivity index (χ2n) is 10.1. The molecule has 1 aromatic rings. The lowest BCUT2D eigenvalue weighted by molar-refractivity contribution is -0.146. The molecule has 0 radical (unpaired) electrons. The van der Waals surface area contributed by atoms with Gasteiger partial charge in [-0.15, -0.1) is 0 Å². The Bertz CT molecular complexity index is 874. The van der Waals surface area contributed by atoms with Crippen molar-refractivity contribution in [3.63, 3.8) is 0 Å². The number of hydrogen-bond donors (Lipinski definition) is 0.